The van der Waals surface area contributed by atoms with E-state index >= 15 is 0 Å². The van der Waals surface area contributed by atoms with Crippen molar-refractivity contribution in [1.29, 1.82) is 0 Å². The van der Waals surface area contributed by atoms with Gasteiger partial charge in [0, 0.05) is 5.92 Å². The highest BCUT2D eigenvalue weighted by atomic mass is 16.6. The fourth-order valence-corrected chi connectivity index (χ4v) is 3.37. The Balaban J connectivity index is 2.43. The van der Waals surface area contributed by atoms with E-state index in [0.29, 0.717) is 5.92 Å². The van der Waals surface area contributed by atoms with E-state index in [-0.39, 0.29) is 22.0 Å². The molecule has 1 aliphatic heterocycles. The summed E-state index contributed by atoms with van der Waals surface area (Å²) < 4.78 is 6.25. The molecule has 1 fully saturated rings. The summed E-state index contributed by atoms with van der Waals surface area (Å²) in [4.78, 5) is 0. The molecule has 0 bridgehead atoms. The summed E-state index contributed by atoms with van der Waals surface area (Å²) in [6.07, 6.45) is 8.18. The third-order valence-electron chi connectivity index (χ3n) is 4.97. The lowest BCUT2D eigenvalue weighted by Gasteiger charge is -2.38. The second kappa shape index (κ2) is 3.97. The van der Waals surface area contributed by atoms with Gasteiger partial charge in [-0.15, -0.1) is 0 Å². The van der Waals surface area contributed by atoms with E-state index in [1.807, 2.05) is 0 Å². The van der Waals surface area contributed by atoms with Gasteiger partial charge in [-0.2, -0.15) is 0 Å². The van der Waals surface area contributed by atoms with Crippen LogP contribution in [0.1, 0.15) is 61.8 Å². The Morgan fingerprint density at radius 2 is 1.74 bits per heavy atom. The Hall–Kier alpha value is -0.560. The fraction of sp³-hybridized carbons (Fsp3) is 0.778. The highest BCUT2D eigenvalue weighted by Crippen LogP contribution is 2.62. The monoisotopic (exact) mass is 262 g/mol. The van der Waals surface area contributed by atoms with Crippen LogP contribution in [-0.2, 0) is 4.74 Å². The first-order valence-corrected chi connectivity index (χ1v) is 7.58. The number of ether oxygens (including phenoxy) is 1. The largest absolute Gasteiger partial charge is 0.358 e. The van der Waals surface area contributed by atoms with Crippen LogP contribution in [0.25, 0.3) is 0 Å². The van der Waals surface area contributed by atoms with Crippen LogP contribution in [0.5, 0.6) is 0 Å². The van der Waals surface area contributed by atoms with Gasteiger partial charge in [-0.3, -0.25) is 0 Å². The molecule has 0 saturated carbocycles. The minimum Gasteiger partial charge on any atom is -0.358 e. The van der Waals surface area contributed by atoms with Crippen molar-refractivity contribution >= 4 is 0 Å². The lowest BCUT2D eigenvalue weighted by Crippen LogP contribution is -2.39. The molecular formula is C18H30O. The number of rotatable bonds is 1. The van der Waals surface area contributed by atoms with Crippen molar-refractivity contribution in [3.63, 3.8) is 0 Å². The minimum absolute atomic E-state index is 0.0152. The van der Waals surface area contributed by atoms with Crippen molar-refractivity contribution in [1.82, 2.24) is 0 Å². The van der Waals surface area contributed by atoms with Gasteiger partial charge < -0.3 is 4.74 Å². The van der Waals surface area contributed by atoms with Gasteiger partial charge in [0.15, 0.2) is 0 Å². The lowest BCUT2D eigenvalue weighted by molar-refractivity contribution is 0.176. The van der Waals surface area contributed by atoms with E-state index in [2.05, 4.69) is 73.6 Å². The van der Waals surface area contributed by atoms with Gasteiger partial charge in [-0.1, -0.05) is 60.6 Å². The van der Waals surface area contributed by atoms with Crippen molar-refractivity contribution in [3.8, 4) is 0 Å². The molecule has 1 saturated heterocycles. The molecule has 2 rings (SSSR count). The zero-order chi connectivity index (χ0) is 14.7. The summed E-state index contributed by atoms with van der Waals surface area (Å²) in [5.74, 6) is 0.448. The minimum atomic E-state index is -0.0747. The molecule has 1 heterocycles. The average Bonchev–Trinajstić information content (AvgIpc) is 2.82. The quantitative estimate of drug-likeness (QED) is 0.597. The fourth-order valence-electron chi connectivity index (χ4n) is 3.37. The Labute approximate surface area is 119 Å². The Bertz CT molecular complexity index is 430. The van der Waals surface area contributed by atoms with Gasteiger partial charge in [0.2, 0.25) is 0 Å². The maximum Gasteiger partial charge on any atom is 0.123 e. The van der Waals surface area contributed by atoms with Crippen molar-refractivity contribution in [2.75, 3.05) is 0 Å². The highest BCUT2D eigenvalue weighted by Gasteiger charge is 2.69. The molecule has 1 heteroatoms. The molecule has 1 spiro atoms. The number of hydrogen-bond donors (Lipinski definition) is 0. The topological polar surface area (TPSA) is 12.5 Å². The predicted molar refractivity (Wildman–Crippen MR) is 82.1 cm³/mol. The van der Waals surface area contributed by atoms with Crippen LogP contribution in [-0.4, -0.2) is 11.2 Å². The molecule has 1 nitrogen and oxygen atoms in total. The van der Waals surface area contributed by atoms with Gasteiger partial charge in [0.1, 0.15) is 5.60 Å². The van der Waals surface area contributed by atoms with Gasteiger partial charge in [0.25, 0.3) is 0 Å². The van der Waals surface area contributed by atoms with Crippen molar-refractivity contribution < 1.29 is 4.74 Å². The summed E-state index contributed by atoms with van der Waals surface area (Å²) >= 11 is 0. The highest BCUT2D eigenvalue weighted by molar-refractivity contribution is 5.41. The van der Waals surface area contributed by atoms with Crippen molar-refractivity contribution in [2.45, 2.75) is 73.0 Å². The molecule has 0 N–H and O–H groups in total. The second-order valence-electron chi connectivity index (χ2n) is 8.53. The molecule has 2 aliphatic rings. The third kappa shape index (κ3) is 2.20. The van der Waals surface area contributed by atoms with Crippen molar-refractivity contribution in [3.05, 3.63) is 23.8 Å². The molecule has 0 aromatic heterocycles. The van der Waals surface area contributed by atoms with Gasteiger partial charge in [-0.05, 0) is 35.8 Å². The van der Waals surface area contributed by atoms with Crippen LogP contribution in [0.15, 0.2) is 23.8 Å². The predicted octanol–water partition coefficient (Wildman–Crippen LogP) is 5.13. The van der Waals surface area contributed by atoms with Crippen molar-refractivity contribution in [2.24, 2.45) is 16.7 Å². The zero-order valence-electron chi connectivity index (χ0n) is 13.9. The van der Waals surface area contributed by atoms with Crippen LogP contribution in [0, 0.1) is 16.7 Å². The smallest absolute Gasteiger partial charge is 0.123 e. The SMILES string of the molecule is CCC1(C)OC12C=CC(C(C)(C)C)=CC2C(C)(C)C. The van der Waals surface area contributed by atoms with Crippen LogP contribution >= 0.6 is 0 Å². The maximum atomic E-state index is 6.25. The Kier molecular flexibility index (Phi) is 3.10. The van der Waals surface area contributed by atoms with E-state index in [1.54, 1.807) is 0 Å². The average molecular weight is 262 g/mol. The Morgan fingerprint density at radius 1 is 1.16 bits per heavy atom. The number of epoxide rings is 1. The molecule has 3 unspecified atom stereocenters. The van der Waals surface area contributed by atoms with E-state index in [4.69, 9.17) is 4.74 Å². The summed E-state index contributed by atoms with van der Waals surface area (Å²) in [6, 6.07) is 0. The summed E-state index contributed by atoms with van der Waals surface area (Å²) in [5, 5.41) is 0. The molecule has 19 heavy (non-hydrogen) atoms. The maximum absolute atomic E-state index is 6.25. The zero-order valence-corrected chi connectivity index (χ0v) is 13.9. The van der Waals surface area contributed by atoms with E-state index in [0.717, 1.165) is 6.42 Å². The molecule has 0 aromatic carbocycles. The molecule has 0 amide bonds. The number of hydrogen-bond acceptors (Lipinski definition) is 1. The molecule has 0 radical (unpaired) electrons. The molecule has 1 aliphatic carbocycles. The summed E-state index contributed by atoms with van der Waals surface area (Å²) in [5.41, 5.74) is 1.80. The van der Waals surface area contributed by atoms with Crippen LogP contribution in [0.4, 0.5) is 0 Å². The van der Waals surface area contributed by atoms with Crippen LogP contribution < -0.4 is 0 Å². The first kappa shape index (κ1) is 14.8. The van der Waals surface area contributed by atoms with Gasteiger partial charge in [0.05, 0.1) is 5.60 Å². The first-order chi connectivity index (χ1) is 8.46. The third-order valence-corrected chi connectivity index (χ3v) is 4.97. The van der Waals surface area contributed by atoms with E-state index in [1.165, 1.54) is 5.57 Å². The van der Waals surface area contributed by atoms with Gasteiger partial charge >= 0.3 is 0 Å². The van der Waals surface area contributed by atoms with Crippen LogP contribution in [0.2, 0.25) is 0 Å². The lowest BCUT2D eigenvalue weighted by atomic mass is 9.64. The molecule has 0 aromatic rings. The number of allylic oxidation sites excluding steroid dienone is 2. The summed E-state index contributed by atoms with van der Waals surface area (Å²) in [6.45, 7) is 18.3. The van der Waals surface area contributed by atoms with Crippen LogP contribution in [0.3, 0.4) is 0 Å². The van der Waals surface area contributed by atoms with E-state index in [9.17, 15) is 0 Å². The van der Waals surface area contributed by atoms with Gasteiger partial charge in [-0.25, -0.2) is 0 Å². The molecular weight excluding hydrogens is 232 g/mol. The summed E-state index contributed by atoms with van der Waals surface area (Å²) in [7, 11) is 0. The molecule has 108 valence electrons. The standard InChI is InChI=1S/C18H30O/c1-9-17(8)18(19-17)11-10-13(15(2,3)4)12-14(18)16(5,6)7/h10-12,14H,9H2,1-8H3. The Morgan fingerprint density at radius 3 is 2.11 bits per heavy atom. The first-order valence-electron chi connectivity index (χ1n) is 7.58. The van der Waals surface area contributed by atoms with E-state index < -0.39 is 0 Å². The normalized spacial score (nSPS) is 38.5. The molecule has 3 atom stereocenters. The second-order valence-corrected chi connectivity index (χ2v) is 8.53.